The van der Waals surface area contributed by atoms with Gasteiger partial charge in [-0.25, -0.2) is 18.7 Å². The summed E-state index contributed by atoms with van der Waals surface area (Å²) in [6.45, 7) is 1.33. The van der Waals surface area contributed by atoms with Crippen LogP contribution in [0.5, 0.6) is 0 Å². The smallest absolute Gasteiger partial charge is 0.272 e. The van der Waals surface area contributed by atoms with Gasteiger partial charge in [-0.1, -0.05) is 0 Å². The summed E-state index contributed by atoms with van der Waals surface area (Å²) in [5.41, 5.74) is 0.313. The van der Waals surface area contributed by atoms with Crippen molar-refractivity contribution in [2.45, 2.75) is 13.5 Å². The number of rotatable bonds is 3. The third-order valence-corrected chi connectivity index (χ3v) is 5.14. The Labute approximate surface area is 155 Å². The molecule has 3 heterocycles. The molecule has 136 valence electrons. The number of hydrogen-bond acceptors (Lipinski definition) is 5. The molecule has 0 saturated carbocycles. The highest BCUT2D eigenvalue weighted by Crippen LogP contribution is 2.28. The first kappa shape index (κ1) is 17.2. The van der Waals surface area contributed by atoms with Crippen LogP contribution in [-0.4, -0.2) is 20.4 Å². The van der Waals surface area contributed by atoms with E-state index in [0.29, 0.717) is 20.9 Å². The SMILES string of the molecule is Cc1nc2c(sc3ncccc32)c(=O)n1CC(=O)Nc1ccc(F)c(F)c1. The maximum atomic E-state index is 13.3. The number of nitrogens with one attached hydrogen (secondary N) is 1. The standard InChI is InChI=1S/C18H12F2N4O2S/c1-9-22-15-11-3-2-6-21-17(11)27-16(15)18(26)24(9)8-14(25)23-10-4-5-12(19)13(20)7-10/h2-7H,8H2,1H3,(H,23,25). The van der Waals surface area contributed by atoms with Crippen molar-refractivity contribution < 1.29 is 13.6 Å². The molecule has 0 aliphatic carbocycles. The fraction of sp³-hybridized carbons (Fsp3) is 0.111. The molecule has 27 heavy (non-hydrogen) atoms. The lowest BCUT2D eigenvalue weighted by Crippen LogP contribution is -2.29. The molecule has 0 atom stereocenters. The molecule has 4 aromatic rings. The fourth-order valence-corrected chi connectivity index (χ4v) is 3.80. The lowest BCUT2D eigenvalue weighted by atomic mass is 10.3. The molecule has 6 nitrogen and oxygen atoms in total. The molecule has 0 aliphatic rings. The zero-order chi connectivity index (χ0) is 19.1. The second-order valence-electron chi connectivity index (χ2n) is 5.86. The maximum Gasteiger partial charge on any atom is 0.272 e. The van der Waals surface area contributed by atoms with Gasteiger partial charge >= 0.3 is 0 Å². The van der Waals surface area contributed by atoms with Crippen molar-refractivity contribution >= 4 is 43.4 Å². The molecule has 4 rings (SSSR count). The van der Waals surface area contributed by atoms with Crippen molar-refractivity contribution in [2.75, 3.05) is 5.32 Å². The summed E-state index contributed by atoms with van der Waals surface area (Å²) in [6.07, 6.45) is 1.64. The molecule has 0 unspecified atom stereocenters. The zero-order valence-corrected chi connectivity index (χ0v) is 14.8. The van der Waals surface area contributed by atoms with E-state index in [1.165, 1.54) is 22.0 Å². The number of amides is 1. The highest BCUT2D eigenvalue weighted by molar-refractivity contribution is 7.25. The Balaban J connectivity index is 1.69. The summed E-state index contributed by atoms with van der Waals surface area (Å²) in [7, 11) is 0. The summed E-state index contributed by atoms with van der Waals surface area (Å²) in [4.78, 5) is 34.5. The van der Waals surface area contributed by atoms with Crippen LogP contribution >= 0.6 is 11.3 Å². The first-order chi connectivity index (χ1) is 12.9. The second kappa shape index (κ2) is 6.51. The maximum absolute atomic E-state index is 13.3. The van der Waals surface area contributed by atoms with Crippen LogP contribution in [0, 0.1) is 18.6 Å². The quantitative estimate of drug-likeness (QED) is 0.587. The Hall–Kier alpha value is -3.20. The van der Waals surface area contributed by atoms with Crippen LogP contribution in [0.25, 0.3) is 20.4 Å². The van der Waals surface area contributed by atoms with E-state index in [-0.39, 0.29) is 17.8 Å². The number of benzene rings is 1. The lowest BCUT2D eigenvalue weighted by Gasteiger charge is -2.10. The molecule has 0 saturated heterocycles. The van der Waals surface area contributed by atoms with Crippen LogP contribution in [0.3, 0.4) is 0 Å². The normalized spacial score (nSPS) is 11.2. The van der Waals surface area contributed by atoms with E-state index >= 15 is 0 Å². The molecule has 0 spiro atoms. The van der Waals surface area contributed by atoms with Crippen LogP contribution in [0.15, 0.2) is 41.3 Å². The van der Waals surface area contributed by atoms with Gasteiger partial charge in [-0.3, -0.25) is 14.2 Å². The van der Waals surface area contributed by atoms with Gasteiger partial charge in [0.15, 0.2) is 11.6 Å². The van der Waals surface area contributed by atoms with Crippen LogP contribution in [0.1, 0.15) is 5.82 Å². The van der Waals surface area contributed by atoms with Crippen LogP contribution < -0.4 is 10.9 Å². The third kappa shape index (κ3) is 3.06. The highest BCUT2D eigenvalue weighted by atomic mass is 32.1. The summed E-state index contributed by atoms with van der Waals surface area (Å²) in [5, 5.41) is 3.23. The minimum absolute atomic E-state index is 0.102. The van der Waals surface area contributed by atoms with Gasteiger partial charge in [0.1, 0.15) is 21.9 Å². The molecule has 3 aromatic heterocycles. The van der Waals surface area contributed by atoms with Crippen LogP contribution in [0.4, 0.5) is 14.5 Å². The number of aromatic nitrogens is 3. The number of pyridine rings is 1. The largest absolute Gasteiger partial charge is 0.324 e. The van der Waals surface area contributed by atoms with Gasteiger partial charge in [0.05, 0.1) is 5.52 Å². The first-order valence-electron chi connectivity index (χ1n) is 7.93. The average molecular weight is 386 g/mol. The van der Waals surface area contributed by atoms with E-state index in [9.17, 15) is 18.4 Å². The number of aryl methyl sites for hydroxylation is 1. The van der Waals surface area contributed by atoms with E-state index in [1.54, 1.807) is 19.2 Å². The zero-order valence-electron chi connectivity index (χ0n) is 14.0. The average Bonchev–Trinajstić information content (AvgIpc) is 3.01. The number of carbonyl (C=O) groups excluding carboxylic acids is 1. The predicted molar refractivity (Wildman–Crippen MR) is 98.9 cm³/mol. The number of halogens is 2. The fourth-order valence-electron chi connectivity index (χ4n) is 2.77. The molecular weight excluding hydrogens is 374 g/mol. The monoisotopic (exact) mass is 386 g/mol. The van der Waals surface area contributed by atoms with E-state index in [1.807, 2.05) is 6.07 Å². The van der Waals surface area contributed by atoms with Crippen molar-refractivity contribution in [1.29, 1.82) is 0 Å². The van der Waals surface area contributed by atoms with Crippen LogP contribution in [-0.2, 0) is 11.3 Å². The Kier molecular flexibility index (Phi) is 4.15. The number of carbonyl (C=O) groups is 1. The van der Waals surface area contributed by atoms with Gasteiger partial charge in [-0.15, -0.1) is 11.3 Å². The van der Waals surface area contributed by atoms with Gasteiger partial charge < -0.3 is 5.32 Å². The number of thiophene rings is 1. The van der Waals surface area contributed by atoms with Crippen LogP contribution in [0.2, 0.25) is 0 Å². The van der Waals surface area contributed by atoms with Gasteiger partial charge in [-0.2, -0.15) is 0 Å². The molecule has 0 fully saturated rings. The highest BCUT2D eigenvalue weighted by Gasteiger charge is 2.16. The number of anilines is 1. The van der Waals surface area contributed by atoms with Crippen molar-refractivity contribution in [2.24, 2.45) is 0 Å². The Morgan fingerprint density at radius 1 is 1.26 bits per heavy atom. The lowest BCUT2D eigenvalue weighted by molar-refractivity contribution is -0.116. The predicted octanol–water partition coefficient (Wildman–Crippen LogP) is 3.23. The van der Waals surface area contributed by atoms with E-state index in [4.69, 9.17) is 0 Å². The topological polar surface area (TPSA) is 76.9 Å². The summed E-state index contributed by atoms with van der Waals surface area (Å²) in [5.74, 6) is -2.25. The summed E-state index contributed by atoms with van der Waals surface area (Å²) < 4.78 is 27.9. The van der Waals surface area contributed by atoms with E-state index in [0.717, 1.165) is 17.5 Å². The van der Waals surface area contributed by atoms with Crippen molar-refractivity contribution in [3.63, 3.8) is 0 Å². The molecule has 0 aliphatic heterocycles. The number of hydrogen-bond donors (Lipinski definition) is 1. The molecular formula is C18H12F2N4O2S. The number of fused-ring (bicyclic) bond motifs is 3. The number of nitrogens with zero attached hydrogens (tertiary/aromatic N) is 3. The van der Waals surface area contributed by atoms with Crippen molar-refractivity contribution in [3.05, 3.63) is 64.3 Å². The Morgan fingerprint density at radius 2 is 2.07 bits per heavy atom. The van der Waals surface area contributed by atoms with Gasteiger partial charge in [0.25, 0.3) is 5.56 Å². The van der Waals surface area contributed by atoms with Gasteiger partial charge in [-0.05, 0) is 31.2 Å². The molecule has 1 N–H and O–H groups in total. The molecule has 1 aromatic carbocycles. The minimum atomic E-state index is -1.07. The molecule has 0 bridgehead atoms. The van der Waals surface area contributed by atoms with E-state index in [2.05, 4.69) is 15.3 Å². The van der Waals surface area contributed by atoms with E-state index < -0.39 is 17.5 Å². The Bertz CT molecular complexity index is 1270. The molecule has 9 heteroatoms. The summed E-state index contributed by atoms with van der Waals surface area (Å²) in [6, 6.07) is 6.65. The minimum Gasteiger partial charge on any atom is -0.324 e. The Morgan fingerprint density at radius 3 is 2.85 bits per heavy atom. The first-order valence-corrected chi connectivity index (χ1v) is 8.75. The molecule has 0 radical (unpaired) electrons. The van der Waals surface area contributed by atoms with Crippen molar-refractivity contribution in [1.82, 2.24) is 14.5 Å². The van der Waals surface area contributed by atoms with Gasteiger partial charge in [0.2, 0.25) is 5.91 Å². The van der Waals surface area contributed by atoms with Gasteiger partial charge in [0, 0.05) is 23.3 Å². The third-order valence-electron chi connectivity index (χ3n) is 4.05. The summed E-state index contributed by atoms with van der Waals surface area (Å²) >= 11 is 1.22. The molecule has 1 amide bonds. The van der Waals surface area contributed by atoms with Crippen molar-refractivity contribution in [3.8, 4) is 0 Å². The second-order valence-corrected chi connectivity index (χ2v) is 6.86.